The largest absolute Gasteiger partial charge is 0.444 e. The predicted octanol–water partition coefficient (Wildman–Crippen LogP) is 2.90. The summed E-state index contributed by atoms with van der Waals surface area (Å²) in [4.78, 5) is 19.2. The lowest BCUT2D eigenvalue weighted by molar-refractivity contribution is 0.0205. The van der Waals surface area contributed by atoms with Crippen molar-refractivity contribution in [3.63, 3.8) is 0 Å². The Hall–Kier alpha value is -2.61. The summed E-state index contributed by atoms with van der Waals surface area (Å²) in [6.07, 6.45) is 1.55. The molecule has 2 N–H and O–H groups in total. The molecule has 0 spiro atoms. The van der Waals surface area contributed by atoms with Crippen LogP contribution in [0.1, 0.15) is 38.8 Å². The van der Waals surface area contributed by atoms with E-state index < -0.39 is 35.2 Å². The van der Waals surface area contributed by atoms with E-state index in [1.165, 1.54) is 19.1 Å². The number of nitrogens with zero attached hydrogens (tertiary/aromatic N) is 2. The molecule has 0 aliphatic heterocycles. The molecule has 0 radical (unpaired) electrons. The van der Waals surface area contributed by atoms with E-state index in [2.05, 4.69) is 15.3 Å². The lowest BCUT2D eigenvalue weighted by Gasteiger charge is -2.35. The summed E-state index contributed by atoms with van der Waals surface area (Å²) in [5.41, 5.74) is -2.15. The fourth-order valence-corrected chi connectivity index (χ4v) is 2.46. The van der Waals surface area contributed by atoms with E-state index in [4.69, 9.17) is 4.74 Å². The van der Waals surface area contributed by atoms with Crippen molar-refractivity contribution >= 4 is 6.09 Å². The topological polar surface area (TPSA) is 84.3 Å². The van der Waals surface area contributed by atoms with E-state index in [1.807, 2.05) is 0 Å². The summed E-state index contributed by atoms with van der Waals surface area (Å²) in [5, 5.41) is 13.9. The molecule has 0 unspecified atom stereocenters. The van der Waals surface area contributed by atoms with Crippen LogP contribution in [0.5, 0.6) is 0 Å². The number of amides is 1. The molecule has 0 aromatic carbocycles. The predicted molar refractivity (Wildman–Crippen MR) is 90.2 cm³/mol. The van der Waals surface area contributed by atoms with Crippen molar-refractivity contribution in [3.05, 3.63) is 59.7 Å². The SMILES string of the molecule is C[C@H](NC(=O)OC(C)(C)C)C(O)(c1ccc(F)nc1)c1ccc(F)nc1. The molecular formula is C18H21F2N3O3. The molecule has 2 heterocycles. The van der Waals surface area contributed by atoms with Crippen molar-refractivity contribution in [2.45, 2.75) is 44.9 Å². The van der Waals surface area contributed by atoms with E-state index in [1.54, 1.807) is 20.8 Å². The van der Waals surface area contributed by atoms with E-state index >= 15 is 0 Å². The van der Waals surface area contributed by atoms with E-state index in [0.717, 1.165) is 24.5 Å². The molecule has 0 aliphatic carbocycles. The average molecular weight is 365 g/mol. The summed E-state index contributed by atoms with van der Waals surface area (Å²) in [7, 11) is 0. The fraction of sp³-hybridized carbons (Fsp3) is 0.389. The number of carbonyl (C=O) groups is 1. The molecule has 0 aliphatic rings. The lowest BCUT2D eigenvalue weighted by Crippen LogP contribution is -2.50. The van der Waals surface area contributed by atoms with Crippen molar-refractivity contribution in [1.29, 1.82) is 0 Å². The number of aromatic nitrogens is 2. The van der Waals surface area contributed by atoms with Crippen LogP contribution in [0.25, 0.3) is 0 Å². The molecule has 26 heavy (non-hydrogen) atoms. The van der Waals surface area contributed by atoms with Gasteiger partial charge < -0.3 is 15.2 Å². The van der Waals surface area contributed by atoms with Gasteiger partial charge in [0.05, 0.1) is 6.04 Å². The Labute approximate surface area is 150 Å². The number of halogens is 2. The number of hydrogen-bond donors (Lipinski definition) is 2. The standard InChI is InChI=1S/C18H21F2N3O3/c1-11(23-16(24)26-17(2,3)4)18(25,12-5-7-14(19)21-9-12)13-6-8-15(20)22-10-13/h5-11,25H,1-4H3,(H,23,24)/t11-/m0/s1. The van der Waals surface area contributed by atoms with Crippen LogP contribution in [-0.2, 0) is 10.3 Å². The average Bonchev–Trinajstić information content (AvgIpc) is 2.53. The lowest BCUT2D eigenvalue weighted by atomic mass is 9.82. The van der Waals surface area contributed by atoms with Gasteiger partial charge in [0.15, 0.2) is 0 Å². The summed E-state index contributed by atoms with van der Waals surface area (Å²) < 4.78 is 31.6. The summed E-state index contributed by atoms with van der Waals surface area (Å²) >= 11 is 0. The highest BCUT2D eigenvalue weighted by atomic mass is 19.1. The molecule has 2 aromatic heterocycles. The molecule has 0 fully saturated rings. The summed E-state index contributed by atoms with van der Waals surface area (Å²) in [6.45, 7) is 6.66. The zero-order valence-electron chi connectivity index (χ0n) is 15.0. The van der Waals surface area contributed by atoms with Crippen molar-refractivity contribution in [1.82, 2.24) is 15.3 Å². The number of hydrogen-bond acceptors (Lipinski definition) is 5. The van der Waals surface area contributed by atoms with Crippen LogP contribution in [0.15, 0.2) is 36.7 Å². The Morgan fingerprint density at radius 2 is 1.54 bits per heavy atom. The quantitative estimate of drug-likeness (QED) is 0.814. The molecule has 6 nitrogen and oxygen atoms in total. The van der Waals surface area contributed by atoms with Crippen LogP contribution in [0, 0.1) is 11.9 Å². The first-order valence-corrected chi connectivity index (χ1v) is 7.98. The van der Waals surface area contributed by atoms with Gasteiger partial charge in [-0.3, -0.25) is 0 Å². The number of aliphatic hydroxyl groups is 1. The molecule has 140 valence electrons. The van der Waals surface area contributed by atoms with Crippen LogP contribution in [-0.4, -0.2) is 32.8 Å². The molecule has 0 bridgehead atoms. The number of alkyl carbamates (subject to hydrolysis) is 1. The normalized spacial score (nSPS) is 13.2. The van der Waals surface area contributed by atoms with Gasteiger partial charge in [-0.1, -0.05) is 0 Å². The third kappa shape index (κ3) is 4.51. The van der Waals surface area contributed by atoms with Gasteiger partial charge in [0.2, 0.25) is 11.9 Å². The number of ether oxygens (including phenoxy) is 1. The van der Waals surface area contributed by atoms with Crippen molar-refractivity contribution in [2.75, 3.05) is 0 Å². The first kappa shape index (κ1) is 19.7. The Bertz CT molecular complexity index is 713. The van der Waals surface area contributed by atoms with Crippen LogP contribution in [0.3, 0.4) is 0 Å². The zero-order valence-corrected chi connectivity index (χ0v) is 15.0. The van der Waals surface area contributed by atoms with Crippen molar-refractivity contribution in [2.24, 2.45) is 0 Å². The molecule has 0 saturated heterocycles. The monoisotopic (exact) mass is 365 g/mol. The van der Waals surface area contributed by atoms with Gasteiger partial charge in [0.25, 0.3) is 0 Å². The molecule has 2 rings (SSSR count). The van der Waals surface area contributed by atoms with E-state index in [-0.39, 0.29) is 11.1 Å². The van der Waals surface area contributed by atoms with Gasteiger partial charge in [-0.25, -0.2) is 14.8 Å². The highest BCUT2D eigenvalue weighted by molar-refractivity contribution is 5.68. The molecule has 1 atom stereocenters. The maximum Gasteiger partial charge on any atom is 0.407 e. The smallest absolute Gasteiger partial charge is 0.407 e. The van der Waals surface area contributed by atoms with Crippen LogP contribution < -0.4 is 5.32 Å². The Kier molecular flexibility index (Phi) is 5.56. The Morgan fingerprint density at radius 1 is 1.08 bits per heavy atom. The maximum absolute atomic E-state index is 13.2. The van der Waals surface area contributed by atoms with Crippen LogP contribution >= 0.6 is 0 Å². The zero-order chi connectivity index (χ0) is 19.5. The highest BCUT2D eigenvalue weighted by Crippen LogP contribution is 2.32. The molecule has 0 saturated carbocycles. The van der Waals surface area contributed by atoms with Gasteiger partial charge in [0.1, 0.15) is 11.2 Å². The van der Waals surface area contributed by atoms with Crippen molar-refractivity contribution < 1.29 is 23.4 Å². The number of nitrogens with one attached hydrogen (secondary N) is 1. The number of carbonyl (C=O) groups excluding carboxylic acids is 1. The second kappa shape index (κ2) is 7.33. The van der Waals surface area contributed by atoms with Crippen molar-refractivity contribution in [3.8, 4) is 0 Å². The highest BCUT2D eigenvalue weighted by Gasteiger charge is 2.40. The molecule has 2 aromatic rings. The Balaban J connectivity index is 2.41. The second-order valence-corrected chi connectivity index (χ2v) is 6.87. The third-order valence-electron chi connectivity index (χ3n) is 3.69. The second-order valence-electron chi connectivity index (χ2n) is 6.87. The minimum atomic E-state index is -1.84. The van der Waals surface area contributed by atoms with E-state index in [9.17, 15) is 18.7 Å². The maximum atomic E-state index is 13.2. The fourth-order valence-electron chi connectivity index (χ4n) is 2.46. The molecule has 8 heteroatoms. The van der Waals surface area contributed by atoms with Gasteiger partial charge in [-0.15, -0.1) is 0 Å². The van der Waals surface area contributed by atoms with Gasteiger partial charge in [-0.05, 0) is 52.0 Å². The van der Waals surface area contributed by atoms with Crippen LogP contribution in [0.4, 0.5) is 13.6 Å². The van der Waals surface area contributed by atoms with Gasteiger partial charge in [0, 0.05) is 23.5 Å². The minimum Gasteiger partial charge on any atom is -0.444 e. The summed E-state index contributed by atoms with van der Waals surface area (Å²) in [5.74, 6) is -1.44. The number of pyridine rings is 2. The van der Waals surface area contributed by atoms with E-state index in [0.29, 0.717) is 0 Å². The molecule has 1 amide bonds. The van der Waals surface area contributed by atoms with Crippen LogP contribution in [0.2, 0.25) is 0 Å². The first-order valence-electron chi connectivity index (χ1n) is 7.98. The van der Waals surface area contributed by atoms with Gasteiger partial charge >= 0.3 is 6.09 Å². The third-order valence-corrected chi connectivity index (χ3v) is 3.69. The van der Waals surface area contributed by atoms with Gasteiger partial charge in [-0.2, -0.15) is 8.78 Å². The first-order chi connectivity index (χ1) is 12.0. The molecular weight excluding hydrogens is 344 g/mol. The summed E-state index contributed by atoms with van der Waals surface area (Å²) in [6, 6.07) is 3.91. The number of rotatable bonds is 4. The Morgan fingerprint density at radius 3 is 1.88 bits per heavy atom. The minimum absolute atomic E-state index is 0.205.